The lowest BCUT2D eigenvalue weighted by Crippen LogP contribution is -2.23. The van der Waals surface area contributed by atoms with Crippen LogP contribution in [0.4, 0.5) is 0 Å². The van der Waals surface area contributed by atoms with Gasteiger partial charge in [0.05, 0.1) is 0 Å². The Morgan fingerprint density at radius 2 is 1.88 bits per heavy atom. The monoisotopic (exact) mass is 114 g/mol. The van der Waals surface area contributed by atoms with Crippen molar-refractivity contribution < 1.29 is 0 Å². The Morgan fingerprint density at radius 3 is 2.00 bits per heavy atom. The van der Waals surface area contributed by atoms with Crippen molar-refractivity contribution >= 4 is 11.8 Å². The summed E-state index contributed by atoms with van der Waals surface area (Å²) < 4.78 is 0. The van der Waals surface area contributed by atoms with Crippen molar-refractivity contribution in [2.75, 3.05) is 7.05 Å². The molecular formula is C4H10N4. The van der Waals surface area contributed by atoms with Crippen molar-refractivity contribution in [1.82, 2.24) is 0 Å². The maximum atomic E-state index is 5.02. The van der Waals surface area contributed by atoms with Gasteiger partial charge in [-0.1, -0.05) is 0 Å². The summed E-state index contributed by atoms with van der Waals surface area (Å²) in [6, 6.07) is 0. The molecule has 0 saturated heterocycles. The SMILES string of the molecule is CN=C(C)N=C(N)N. The topological polar surface area (TPSA) is 76.8 Å². The quantitative estimate of drug-likeness (QED) is 0.323. The van der Waals surface area contributed by atoms with Gasteiger partial charge in [-0.15, -0.1) is 0 Å². The van der Waals surface area contributed by atoms with Crippen LogP contribution in [0.1, 0.15) is 6.92 Å². The Labute approximate surface area is 48.3 Å². The van der Waals surface area contributed by atoms with Crippen LogP contribution >= 0.6 is 0 Å². The molecular weight excluding hydrogens is 104 g/mol. The highest BCUT2D eigenvalue weighted by atomic mass is 15.0. The van der Waals surface area contributed by atoms with E-state index in [-0.39, 0.29) is 5.96 Å². The van der Waals surface area contributed by atoms with E-state index in [1.807, 2.05) is 0 Å². The van der Waals surface area contributed by atoms with Gasteiger partial charge < -0.3 is 11.5 Å². The van der Waals surface area contributed by atoms with Crippen LogP contribution in [0.15, 0.2) is 9.98 Å². The minimum absolute atomic E-state index is 0.0492. The summed E-state index contributed by atoms with van der Waals surface area (Å²) in [5.41, 5.74) is 10.0. The summed E-state index contributed by atoms with van der Waals surface area (Å²) in [6.45, 7) is 1.72. The van der Waals surface area contributed by atoms with Gasteiger partial charge in [0.1, 0.15) is 5.84 Å². The fraction of sp³-hybridized carbons (Fsp3) is 0.500. The molecule has 0 aliphatic carbocycles. The molecule has 0 aliphatic heterocycles. The lowest BCUT2D eigenvalue weighted by molar-refractivity contribution is 1.36. The van der Waals surface area contributed by atoms with E-state index in [4.69, 9.17) is 11.5 Å². The molecule has 0 unspecified atom stereocenters. The van der Waals surface area contributed by atoms with Gasteiger partial charge in [-0.2, -0.15) is 0 Å². The summed E-state index contributed by atoms with van der Waals surface area (Å²) in [5, 5.41) is 0. The van der Waals surface area contributed by atoms with Crippen LogP contribution in [0.25, 0.3) is 0 Å². The minimum atomic E-state index is 0.0492. The molecule has 0 saturated carbocycles. The van der Waals surface area contributed by atoms with E-state index in [1.165, 1.54) is 0 Å². The number of hydrogen-bond acceptors (Lipinski definition) is 1. The summed E-state index contributed by atoms with van der Waals surface area (Å²) >= 11 is 0. The Balaban J connectivity index is 3.89. The van der Waals surface area contributed by atoms with Gasteiger partial charge in [-0.25, -0.2) is 4.99 Å². The second-order valence-electron chi connectivity index (χ2n) is 1.31. The van der Waals surface area contributed by atoms with Crippen LogP contribution in [0.2, 0.25) is 0 Å². The molecule has 0 amide bonds. The highest BCUT2D eigenvalue weighted by Crippen LogP contribution is 1.72. The highest BCUT2D eigenvalue weighted by Gasteiger charge is 1.80. The largest absolute Gasteiger partial charge is 0.370 e. The van der Waals surface area contributed by atoms with Crippen molar-refractivity contribution in [3.63, 3.8) is 0 Å². The third-order valence-corrected chi connectivity index (χ3v) is 0.615. The second-order valence-corrected chi connectivity index (χ2v) is 1.31. The molecule has 4 heteroatoms. The zero-order chi connectivity index (χ0) is 6.57. The summed E-state index contributed by atoms with van der Waals surface area (Å²) in [5.74, 6) is 0.637. The Kier molecular flexibility index (Phi) is 2.61. The van der Waals surface area contributed by atoms with Gasteiger partial charge in [-0.3, -0.25) is 4.99 Å². The van der Waals surface area contributed by atoms with E-state index >= 15 is 0 Å². The maximum absolute atomic E-state index is 5.02. The molecule has 0 aromatic heterocycles. The van der Waals surface area contributed by atoms with Gasteiger partial charge >= 0.3 is 0 Å². The normalized spacial score (nSPS) is 11.0. The molecule has 46 valence electrons. The second kappa shape index (κ2) is 3.01. The number of amidine groups is 1. The molecule has 0 atom stereocenters. The molecule has 0 aliphatic rings. The lowest BCUT2D eigenvalue weighted by Gasteiger charge is -1.87. The fourth-order valence-electron chi connectivity index (χ4n) is 0.237. The number of aliphatic imine (C=N–C) groups is 2. The third-order valence-electron chi connectivity index (χ3n) is 0.615. The van der Waals surface area contributed by atoms with Gasteiger partial charge in [0.15, 0.2) is 5.96 Å². The minimum Gasteiger partial charge on any atom is -0.370 e. The third kappa shape index (κ3) is 3.14. The molecule has 0 radical (unpaired) electrons. The smallest absolute Gasteiger partial charge is 0.192 e. The highest BCUT2D eigenvalue weighted by molar-refractivity contribution is 5.93. The van der Waals surface area contributed by atoms with Crippen molar-refractivity contribution in [2.45, 2.75) is 6.92 Å². The van der Waals surface area contributed by atoms with Crippen LogP contribution in [-0.4, -0.2) is 18.8 Å². The molecule has 0 bridgehead atoms. The first-order valence-corrected chi connectivity index (χ1v) is 2.20. The molecule has 8 heavy (non-hydrogen) atoms. The van der Waals surface area contributed by atoms with Crippen LogP contribution in [-0.2, 0) is 0 Å². The van der Waals surface area contributed by atoms with E-state index in [9.17, 15) is 0 Å². The maximum Gasteiger partial charge on any atom is 0.192 e. The first kappa shape index (κ1) is 6.94. The van der Waals surface area contributed by atoms with Gasteiger partial charge in [0.25, 0.3) is 0 Å². The standard InChI is InChI=1S/C4H10N4/c1-3(7-2)8-4(5)6/h1-2H3,(H4,5,6,7,8). The first-order chi connectivity index (χ1) is 3.66. The molecule has 4 N–H and O–H groups in total. The molecule has 0 heterocycles. The first-order valence-electron chi connectivity index (χ1n) is 2.20. The van der Waals surface area contributed by atoms with Gasteiger partial charge in [0.2, 0.25) is 0 Å². The van der Waals surface area contributed by atoms with Crippen molar-refractivity contribution in [2.24, 2.45) is 21.5 Å². The molecule has 0 spiro atoms. The number of nitrogens with zero attached hydrogens (tertiary/aromatic N) is 2. The van der Waals surface area contributed by atoms with E-state index in [0.717, 1.165) is 0 Å². The molecule has 0 fully saturated rings. The van der Waals surface area contributed by atoms with Gasteiger partial charge in [-0.05, 0) is 6.92 Å². The average Bonchev–Trinajstić information content (AvgIpc) is 1.65. The molecule has 4 nitrogen and oxygen atoms in total. The summed E-state index contributed by atoms with van der Waals surface area (Å²) in [6.07, 6.45) is 0. The summed E-state index contributed by atoms with van der Waals surface area (Å²) in [7, 11) is 1.63. The Hall–Kier alpha value is -1.06. The van der Waals surface area contributed by atoms with E-state index in [2.05, 4.69) is 9.98 Å². The van der Waals surface area contributed by atoms with Crippen LogP contribution < -0.4 is 11.5 Å². The zero-order valence-electron chi connectivity index (χ0n) is 5.05. The van der Waals surface area contributed by atoms with E-state index in [0.29, 0.717) is 5.84 Å². The number of hydrogen-bond donors (Lipinski definition) is 2. The molecule has 0 aromatic rings. The average molecular weight is 114 g/mol. The fourth-order valence-corrected chi connectivity index (χ4v) is 0.237. The predicted octanol–water partition coefficient (Wildman–Crippen LogP) is -0.692. The molecule has 0 rings (SSSR count). The number of nitrogens with two attached hydrogens (primary N) is 2. The van der Waals surface area contributed by atoms with Crippen molar-refractivity contribution in [3.8, 4) is 0 Å². The number of rotatable bonds is 0. The van der Waals surface area contributed by atoms with Crippen LogP contribution in [0.3, 0.4) is 0 Å². The van der Waals surface area contributed by atoms with E-state index < -0.39 is 0 Å². The van der Waals surface area contributed by atoms with Gasteiger partial charge in [0, 0.05) is 7.05 Å². The lowest BCUT2D eigenvalue weighted by atomic mass is 10.7. The Morgan fingerprint density at radius 1 is 1.38 bits per heavy atom. The predicted molar refractivity (Wildman–Crippen MR) is 34.8 cm³/mol. The van der Waals surface area contributed by atoms with Crippen LogP contribution in [0.5, 0.6) is 0 Å². The van der Waals surface area contributed by atoms with Crippen molar-refractivity contribution in [3.05, 3.63) is 0 Å². The van der Waals surface area contributed by atoms with Crippen LogP contribution in [0, 0.1) is 0 Å². The van der Waals surface area contributed by atoms with Crippen molar-refractivity contribution in [1.29, 1.82) is 0 Å². The summed E-state index contributed by atoms with van der Waals surface area (Å²) in [4.78, 5) is 7.32. The molecule has 0 aromatic carbocycles. The zero-order valence-corrected chi connectivity index (χ0v) is 5.05. The Bertz CT molecular complexity index is 120. The number of guanidine groups is 1. The van der Waals surface area contributed by atoms with E-state index in [1.54, 1.807) is 14.0 Å².